The maximum Gasteiger partial charge on any atom is 0.161 e. The van der Waals surface area contributed by atoms with Gasteiger partial charge in [0.2, 0.25) is 0 Å². The zero-order chi connectivity index (χ0) is 12.9. The number of nitrogens with one attached hydrogen (secondary N) is 1. The van der Waals surface area contributed by atoms with E-state index in [2.05, 4.69) is 5.32 Å². The Labute approximate surface area is 127 Å². The molecule has 3 nitrogen and oxygen atoms in total. The number of para-hydroxylation sites is 2. The lowest BCUT2D eigenvalue weighted by molar-refractivity contribution is 0.0876. The first-order valence-electron chi connectivity index (χ1n) is 7.54. The lowest BCUT2D eigenvalue weighted by Crippen LogP contribution is -2.42. The number of ether oxygens (including phenoxy) is 2. The molecule has 1 aromatic carbocycles. The van der Waals surface area contributed by atoms with Crippen LogP contribution in [0.4, 0.5) is 0 Å². The van der Waals surface area contributed by atoms with E-state index in [9.17, 15) is 0 Å². The highest BCUT2D eigenvalue weighted by Crippen LogP contribution is 2.30. The highest BCUT2D eigenvalue weighted by molar-refractivity contribution is 5.85. The van der Waals surface area contributed by atoms with Gasteiger partial charge in [-0.1, -0.05) is 37.8 Å². The third-order valence-corrected chi connectivity index (χ3v) is 4.06. The van der Waals surface area contributed by atoms with E-state index in [4.69, 9.17) is 9.47 Å². The van der Waals surface area contributed by atoms with Crippen LogP contribution in [-0.4, -0.2) is 25.3 Å². The Balaban J connectivity index is 0.00000147. The van der Waals surface area contributed by atoms with E-state index in [1.807, 2.05) is 24.3 Å². The Morgan fingerprint density at radius 2 is 1.70 bits per heavy atom. The Morgan fingerprint density at radius 3 is 2.45 bits per heavy atom. The fourth-order valence-corrected chi connectivity index (χ4v) is 2.95. The van der Waals surface area contributed by atoms with Gasteiger partial charge in [0.15, 0.2) is 11.5 Å². The highest BCUT2D eigenvalue weighted by atomic mass is 35.5. The van der Waals surface area contributed by atoms with Crippen molar-refractivity contribution in [3.63, 3.8) is 0 Å². The zero-order valence-corrected chi connectivity index (χ0v) is 12.7. The SMILES string of the molecule is Cl.c1ccc2c(c1)OCC(CNC1CCCCCC1)O2. The van der Waals surface area contributed by atoms with Gasteiger partial charge < -0.3 is 14.8 Å². The second-order valence-corrected chi connectivity index (χ2v) is 5.59. The van der Waals surface area contributed by atoms with Crippen molar-refractivity contribution < 1.29 is 9.47 Å². The number of hydrogen-bond donors (Lipinski definition) is 1. The molecular formula is C16H24ClNO2. The first-order chi connectivity index (χ1) is 9.42. The predicted octanol–water partition coefficient (Wildman–Crippen LogP) is 3.56. The highest BCUT2D eigenvalue weighted by Gasteiger charge is 2.21. The molecule has 0 amide bonds. The Kier molecular flexibility index (Phi) is 5.99. The summed E-state index contributed by atoms with van der Waals surface area (Å²) < 4.78 is 11.7. The quantitative estimate of drug-likeness (QED) is 0.865. The summed E-state index contributed by atoms with van der Waals surface area (Å²) in [6, 6.07) is 8.58. The molecule has 1 aliphatic heterocycles. The van der Waals surface area contributed by atoms with Gasteiger partial charge in [-0.05, 0) is 25.0 Å². The van der Waals surface area contributed by atoms with Gasteiger partial charge in [0, 0.05) is 12.6 Å². The maximum atomic E-state index is 5.97. The second kappa shape index (κ2) is 7.75. The summed E-state index contributed by atoms with van der Waals surface area (Å²) in [5.41, 5.74) is 0. The molecule has 2 aliphatic rings. The Hall–Kier alpha value is -0.930. The van der Waals surface area contributed by atoms with Gasteiger partial charge in [-0.25, -0.2) is 0 Å². The van der Waals surface area contributed by atoms with E-state index >= 15 is 0 Å². The minimum Gasteiger partial charge on any atom is -0.486 e. The number of halogens is 1. The smallest absolute Gasteiger partial charge is 0.161 e. The van der Waals surface area contributed by atoms with Gasteiger partial charge in [0.05, 0.1) is 0 Å². The topological polar surface area (TPSA) is 30.5 Å². The van der Waals surface area contributed by atoms with E-state index in [1.165, 1.54) is 38.5 Å². The molecule has 1 heterocycles. The van der Waals surface area contributed by atoms with Crippen molar-refractivity contribution in [3.8, 4) is 11.5 Å². The minimum absolute atomic E-state index is 0. The van der Waals surface area contributed by atoms with Gasteiger partial charge in [-0.3, -0.25) is 0 Å². The monoisotopic (exact) mass is 297 g/mol. The summed E-state index contributed by atoms with van der Waals surface area (Å²) in [4.78, 5) is 0. The van der Waals surface area contributed by atoms with E-state index in [-0.39, 0.29) is 18.5 Å². The Morgan fingerprint density at radius 1 is 1.00 bits per heavy atom. The molecule has 20 heavy (non-hydrogen) atoms. The van der Waals surface area contributed by atoms with Crippen LogP contribution >= 0.6 is 12.4 Å². The van der Waals surface area contributed by atoms with Crippen LogP contribution < -0.4 is 14.8 Å². The van der Waals surface area contributed by atoms with E-state index in [0.29, 0.717) is 12.6 Å². The van der Waals surface area contributed by atoms with Crippen LogP contribution in [0.1, 0.15) is 38.5 Å². The van der Waals surface area contributed by atoms with Crippen molar-refractivity contribution in [1.29, 1.82) is 0 Å². The minimum atomic E-state index is 0. The summed E-state index contributed by atoms with van der Waals surface area (Å²) in [7, 11) is 0. The van der Waals surface area contributed by atoms with Crippen LogP contribution in [-0.2, 0) is 0 Å². The molecule has 1 unspecified atom stereocenters. The average Bonchev–Trinajstić information content (AvgIpc) is 2.73. The largest absolute Gasteiger partial charge is 0.486 e. The molecule has 1 aliphatic carbocycles. The molecular weight excluding hydrogens is 274 g/mol. The third-order valence-electron chi connectivity index (χ3n) is 4.06. The van der Waals surface area contributed by atoms with Crippen LogP contribution in [0, 0.1) is 0 Å². The van der Waals surface area contributed by atoms with Gasteiger partial charge >= 0.3 is 0 Å². The normalized spacial score (nSPS) is 22.7. The first kappa shape index (κ1) is 15.5. The van der Waals surface area contributed by atoms with E-state index in [1.54, 1.807) is 0 Å². The van der Waals surface area contributed by atoms with Crippen LogP contribution in [0.5, 0.6) is 11.5 Å². The lowest BCUT2D eigenvalue weighted by Gasteiger charge is -2.28. The maximum absolute atomic E-state index is 5.97. The van der Waals surface area contributed by atoms with Gasteiger partial charge in [-0.15, -0.1) is 12.4 Å². The third kappa shape index (κ3) is 4.03. The van der Waals surface area contributed by atoms with Crippen molar-refractivity contribution >= 4 is 12.4 Å². The molecule has 0 radical (unpaired) electrons. The van der Waals surface area contributed by atoms with Crippen molar-refractivity contribution in [2.45, 2.75) is 50.7 Å². The Bertz CT molecular complexity index is 405. The van der Waals surface area contributed by atoms with Crippen LogP contribution in [0.3, 0.4) is 0 Å². The summed E-state index contributed by atoms with van der Waals surface area (Å²) in [5, 5.41) is 3.66. The lowest BCUT2D eigenvalue weighted by atomic mass is 10.1. The van der Waals surface area contributed by atoms with Crippen molar-refractivity contribution in [1.82, 2.24) is 5.32 Å². The van der Waals surface area contributed by atoms with Crippen LogP contribution in [0.15, 0.2) is 24.3 Å². The number of benzene rings is 1. The molecule has 1 fully saturated rings. The van der Waals surface area contributed by atoms with E-state index < -0.39 is 0 Å². The molecule has 0 aromatic heterocycles. The molecule has 1 aromatic rings. The number of fused-ring (bicyclic) bond motifs is 1. The molecule has 0 bridgehead atoms. The van der Waals surface area contributed by atoms with Crippen molar-refractivity contribution in [2.24, 2.45) is 0 Å². The van der Waals surface area contributed by atoms with Crippen LogP contribution in [0.25, 0.3) is 0 Å². The van der Waals surface area contributed by atoms with Gasteiger partial charge in [0.25, 0.3) is 0 Å². The van der Waals surface area contributed by atoms with Crippen LogP contribution in [0.2, 0.25) is 0 Å². The van der Waals surface area contributed by atoms with E-state index in [0.717, 1.165) is 18.0 Å². The zero-order valence-electron chi connectivity index (χ0n) is 11.8. The molecule has 1 saturated carbocycles. The fourth-order valence-electron chi connectivity index (χ4n) is 2.95. The average molecular weight is 298 g/mol. The van der Waals surface area contributed by atoms with Crippen molar-refractivity contribution in [3.05, 3.63) is 24.3 Å². The summed E-state index contributed by atoms with van der Waals surface area (Å²) in [6.45, 7) is 1.54. The molecule has 1 N–H and O–H groups in total. The second-order valence-electron chi connectivity index (χ2n) is 5.59. The molecule has 112 valence electrons. The van der Waals surface area contributed by atoms with Gasteiger partial charge in [-0.2, -0.15) is 0 Å². The molecule has 4 heteroatoms. The standard InChI is InChI=1S/C16H23NO2.ClH/c1-2-4-8-13(7-3-1)17-11-14-12-18-15-9-5-6-10-16(15)19-14;/h5-6,9-10,13-14,17H,1-4,7-8,11-12H2;1H. The summed E-state index contributed by atoms with van der Waals surface area (Å²) >= 11 is 0. The number of hydrogen-bond acceptors (Lipinski definition) is 3. The number of rotatable bonds is 3. The molecule has 3 rings (SSSR count). The molecule has 0 saturated heterocycles. The summed E-state index contributed by atoms with van der Waals surface area (Å²) in [5.74, 6) is 1.75. The molecule has 0 spiro atoms. The van der Waals surface area contributed by atoms with Crippen molar-refractivity contribution in [2.75, 3.05) is 13.2 Å². The fraction of sp³-hybridized carbons (Fsp3) is 0.625. The molecule has 1 atom stereocenters. The van der Waals surface area contributed by atoms with Gasteiger partial charge in [0.1, 0.15) is 12.7 Å². The summed E-state index contributed by atoms with van der Waals surface area (Å²) in [6.07, 6.45) is 8.28. The first-order valence-corrected chi connectivity index (χ1v) is 7.54. The predicted molar refractivity (Wildman–Crippen MR) is 83.1 cm³/mol.